The molecule has 0 aromatic heterocycles. The number of hydrogen-bond donors (Lipinski definition) is 1. The highest BCUT2D eigenvalue weighted by atomic mass is 79.9. The topological polar surface area (TPSA) is 47.7 Å². The van der Waals surface area contributed by atoms with Crippen molar-refractivity contribution >= 4 is 33.2 Å². The van der Waals surface area contributed by atoms with Crippen molar-refractivity contribution in [3.05, 3.63) is 21.6 Å². The van der Waals surface area contributed by atoms with Crippen LogP contribution in [0.25, 0.3) is 0 Å². The Morgan fingerprint density at radius 1 is 1.58 bits per heavy atom. The highest BCUT2D eigenvalue weighted by Crippen LogP contribution is 2.34. The van der Waals surface area contributed by atoms with E-state index in [-0.39, 0.29) is 6.10 Å². The lowest BCUT2D eigenvalue weighted by atomic mass is 10.2. The summed E-state index contributed by atoms with van der Waals surface area (Å²) in [6, 6.07) is 3.45. The second kappa shape index (κ2) is 6.79. The zero-order valence-corrected chi connectivity index (χ0v) is 13.2. The molecule has 1 aliphatic rings. The molecule has 0 amide bonds. The largest absolute Gasteiger partial charge is 0.487 e. The predicted molar refractivity (Wildman–Crippen MR) is 80.9 cm³/mol. The maximum absolute atomic E-state index is 5.91. The molecule has 0 saturated carbocycles. The quantitative estimate of drug-likeness (QED) is 0.849. The van der Waals surface area contributed by atoms with Crippen molar-refractivity contribution in [1.82, 2.24) is 4.90 Å². The van der Waals surface area contributed by atoms with Crippen molar-refractivity contribution < 1.29 is 9.47 Å². The summed E-state index contributed by atoms with van der Waals surface area (Å²) in [5.74, 6) is 0.627. The van der Waals surface area contributed by atoms with E-state index in [9.17, 15) is 0 Å². The van der Waals surface area contributed by atoms with Crippen LogP contribution in [0.4, 0.5) is 5.69 Å². The van der Waals surface area contributed by atoms with Crippen LogP contribution in [0.2, 0.25) is 5.02 Å². The zero-order chi connectivity index (χ0) is 13.8. The lowest BCUT2D eigenvalue weighted by molar-refractivity contribution is -0.0463. The SMILES string of the molecule is CCN1CCOC(COc2c(N)cc(Cl)cc2Br)C1. The molecule has 0 spiro atoms. The number of nitrogen functional groups attached to an aromatic ring is 1. The molecule has 0 aliphatic carbocycles. The minimum atomic E-state index is 0.0793. The first-order chi connectivity index (χ1) is 9.10. The minimum absolute atomic E-state index is 0.0793. The molecule has 4 nitrogen and oxygen atoms in total. The number of ether oxygens (including phenoxy) is 2. The predicted octanol–water partition coefficient (Wildman–Crippen LogP) is 2.78. The van der Waals surface area contributed by atoms with E-state index < -0.39 is 0 Å². The number of anilines is 1. The van der Waals surface area contributed by atoms with E-state index in [2.05, 4.69) is 27.8 Å². The van der Waals surface area contributed by atoms with E-state index in [4.69, 9.17) is 26.8 Å². The number of morpholine rings is 1. The summed E-state index contributed by atoms with van der Waals surface area (Å²) in [6.45, 7) is 6.30. The summed E-state index contributed by atoms with van der Waals surface area (Å²) >= 11 is 9.32. The Hall–Kier alpha value is -0.490. The highest BCUT2D eigenvalue weighted by Gasteiger charge is 2.20. The van der Waals surface area contributed by atoms with Gasteiger partial charge in [-0.2, -0.15) is 0 Å². The second-order valence-corrected chi connectivity index (χ2v) is 5.79. The molecule has 1 aliphatic heterocycles. The number of rotatable bonds is 4. The lowest BCUT2D eigenvalue weighted by Crippen LogP contribution is -2.44. The Kier molecular flexibility index (Phi) is 5.33. The van der Waals surface area contributed by atoms with Crippen LogP contribution in [0.5, 0.6) is 5.75 Å². The van der Waals surface area contributed by atoms with Gasteiger partial charge in [-0.05, 0) is 34.6 Å². The van der Waals surface area contributed by atoms with Gasteiger partial charge in [-0.3, -0.25) is 4.90 Å². The fourth-order valence-corrected chi connectivity index (χ4v) is 3.03. The van der Waals surface area contributed by atoms with Gasteiger partial charge in [0.25, 0.3) is 0 Å². The molecule has 1 heterocycles. The molecule has 1 unspecified atom stereocenters. The zero-order valence-electron chi connectivity index (χ0n) is 10.9. The molecule has 1 aromatic carbocycles. The van der Waals surface area contributed by atoms with Gasteiger partial charge in [-0.1, -0.05) is 18.5 Å². The van der Waals surface area contributed by atoms with Crippen LogP contribution in [-0.2, 0) is 4.74 Å². The molecule has 0 radical (unpaired) electrons. The molecule has 0 bridgehead atoms. The fraction of sp³-hybridized carbons (Fsp3) is 0.538. The van der Waals surface area contributed by atoms with Crippen molar-refractivity contribution in [1.29, 1.82) is 0 Å². The number of nitrogens with zero attached hydrogens (tertiary/aromatic N) is 1. The molecule has 1 aromatic rings. The Morgan fingerprint density at radius 2 is 2.37 bits per heavy atom. The Bertz CT molecular complexity index is 422. The monoisotopic (exact) mass is 348 g/mol. The van der Waals surface area contributed by atoms with Crippen molar-refractivity contribution in [2.75, 3.05) is 38.6 Å². The lowest BCUT2D eigenvalue weighted by Gasteiger charge is -2.32. The summed E-state index contributed by atoms with van der Waals surface area (Å²) in [5.41, 5.74) is 6.43. The molecule has 6 heteroatoms. The van der Waals surface area contributed by atoms with E-state index in [0.29, 0.717) is 23.1 Å². The second-order valence-electron chi connectivity index (χ2n) is 4.50. The van der Waals surface area contributed by atoms with E-state index in [1.54, 1.807) is 12.1 Å². The molecular formula is C13H18BrClN2O2. The number of benzene rings is 1. The smallest absolute Gasteiger partial charge is 0.156 e. The molecule has 1 atom stereocenters. The van der Waals surface area contributed by atoms with Gasteiger partial charge in [0.15, 0.2) is 5.75 Å². The molecule has 19 heavy (non-hydrogen) atoms. The first kappa shape index (κ1) is 14.9. The van der Waals surface area contributed by atoms with Gasteiger partial charge in [0.1, 0.15) is 12.7 Å². The van der Waals surface area contributed by atoms with Crippen molar-refractivity contribution in [3.63, 3.8) is 0 Å². The van der Waals surface area contributed by atoms with Crippen LogP contribution in [0.3, 0.4) is 0 Å². The summed E-state index contributed by atoms with van der Waals surface area (Å²) in [5, 5.41) is 0.586. The summed E-state index contributed by atoms with van der Waals surface area (Å²) in [7, 11) is 0. The summed E-state index contributed by atoms with van der Waals surface area (Å²) < 4.78 is 12.2. The average Bonchev–Trinajstić information content (AvgIpc) is 2.37. The molecule has 106 valence electrons. The van der Waals surface area contributed by atoms with Crippen LogP contribution in [0.1, 0.15) is 6.92 Å². The van der Waals surface area contributed by atoms with Crippen LogP contribution >= 0.6 is 27.5 Å². The Morgan fingerprint density at radius 3 is 3.05 bits per heavy atom. The molecule has 2 rings (SSSR count). The van der Waals surface area contributed by atoms with Gasteiger partial charge in [-0.25, -0.2) is 0 Å². The van der Waals surface area contributed by atoms with Gasteiger partial charge in [0.2, 0.25) is 0 Å². The standard InChI is InChI=1S/C13H18BrClN2O2/c1-2-17-3-4-18-10(7-17)8-19-13-11(14)5-9(15)6-12(13)16/h5-6,10H,2-4,7-8,16H2,1H3. The van der Waals surface area contributed by atoms with Crippen LogP contribution in [-0.4, -0.2) is 43.9 Å². The van der Waals surface area contributed by atoms with Crippen LogP contribution < -0.4 is 10.5 Å². The van der Waals surface area contributed by atoms with Crippen molar-refractivity contribution in [3.8, 4) is 5.75 Å². The average molecular weight is 350 g/mol. The Balaban J connectivity index is 1.95. The first-order valence-corrected chi connectivity index (χ1v) is 7.48. The molecular weight excluding hydrogens is 332 g/mol. The van der Waals surface area contributed by atoms with Crippen LogP contribution in [0, 0.1) is 0 Å². The third-order valence-corrected chi connectivity index (χ3v) is 3.93. The fourth-order valence-electron chi connectivity index (χ4n) is 2.08. The number of hydrogen-bond acceptors (Lipinski definition) is 4. The van der Waals surface area contributed by atoms with Gasteiger partial charge >= 0.3 is 0 Å². The van der Waals surface area contributed by atoms with Crippen molar-refractivity contribution in [2.45, 2.75) is 13.0 Å². The van der Waals surface area contributed by atoms with Gasteiger partial charge < -0.3 is 15.2 Å². The van der Waals surface area contributed by atoms with Gasteiger partial charge in [0, 0.05) is 18.1 Å². The number of nitrogens with two attached hydrogens (primary N) is 1. The maximum atomic E-state index is 5.91. The number of likely N-dealkylation sites (N-methyl/N-ethyl adjacent to an activating group) is 1. The molecule has 2 N–H and O–H groups in total. The first-order valence-electron chi connectivity index (χ1n) is 6.31. The number of halogens is 2. The van der Waals surface area contributed by atoms with Gasteiger partial charge in [-0.15, -0.1) is 0 Å². The van der Waals surface area contributed by atoms with Gasteiger partial charge in [0.05, 0.1) is 16.8 Å². The Labute approximate surface area is 126 Å². The highest BCUT2D eigenvalue weighted by molar-refractivity contribution is 9.10. The normalized spacial score (nSPS) is 20.5. The van der Waals surface area contributed by atoms with E-state index >= 15 is 0 Å². The molecule has 1 saturated heterocycles. The minimum Gasteiger partial charge on any atom is -0.487 e. The third-order valence-electron chi connectivity index (χ3n) is 3.12. The maximum Gasteiger partial charge on any atom is 0.156 e. The van der Waals surface area contributed by atoms with E-state index in [1.807, 2.05) is 0 Å². The van der Waals surface area contributed by atoms with Crippen molar-refractivity contribution in [2.24, 2.45) is 0 Å². The van der Waals surface area contributed by atoms with Crippen LogP contribution in [0.15, 0.2) is 16.6 Å². The van der Waals surface area contributed by atoms with E-state index in [1.165, 1.54) is 0 Å². The summed E-state index contributed by atoms with van der Waals surface area (Å²) in [6.07, 6.45) is 0.0793. The van der Waals surface area contributed by atoms with E-state index in [0.717, 1.165) is 30.7 Å². The molecule has 1 fully saturated rings. The summed E-state index contributed by atoms with van der Waals surface area (Å²) in [4.78, 5) is 2.35. The third kappa shape index (κ3) is 3.99.